The minimum absolute atomic E-state index is 0.0712. The van der Waals surface area contributed by atoms with E-state index in [0.717, 1.165) is 18.8 Å². The molecule has 0 radical (unpaired) electrons. The molecule has 4 nitrogen and oxygen atoms in total. The van der Waals surface area contributed by atoms with Crippen molar-refractivity contribution < 1.29 is 9.53 Å². The van der Waals surface area contributed by atoms with Crippen LogP contribution in [-0.4, -0.2) is 37.1 Å². The molecule has 3 unspecified atom stereocenters. The van der Waals surface area contributed by atoms with Crippen LogP contribution in [0.1, 0.15) is 12.5 Å². The van der Waals surface area contributed by atoms with Gasteiger partial charge in [0.05, 0.1) is 13.0 Å². The van der Waals surface area contributed by atoms with E-state index in [0.29, 0.717) is 12.5 Å². The molecule has 0 bridgehead atoms. The van der Waals surface area contributed by atoms with Crippen LogP contribution in [0.5, 0.6) is 0 Å². The van der Waals surface area contributed by atoms with Gasteiger partial charge in [0.25, 0.3) is 0 Å². The van der Waals surface area contributed by atoms with Gasteiger partial charge in [-0.05, 0) is 23.6 Å². The quantitative estimate of drug-likeness (QED) is 0.849. The Morgan fingerprint density at radius 2 is 1.72 bits per heavy atom. The van der Waals surface area contributed by atoms with Gasteiger partial charge in [-0.1, -0.05) is 55.5 Å². The molecular formula is C21H26N2O2. The zero-order valence-electron chi connectivity index (χ0n) is 14.9. The maximum absolute atomic E-state index is 12.4. The number of piperidine rings is 1. The highest BCUT2D eigenvalue weighted by atomic mass is 16.5. The number of carbonyl (C=O) groups is 1. The lowest BCUT2D eigenvalue weighted by atomic mass is 9.84. The van der Waals surface area contributed by atoms with E-state index < -0.39 is 0 Å². The van der Waals surface area contributed by atoms with Crippen molar-refractivity contribution >= 4 is 11.7 Å². The number of nitrogens with one attached hydrogen (secondary N) is 1. The van der Waals surface area contributed by atoms with Crippen molar-refractivity contribution in [2.24, 2.45) is 11.8 Å². The van der Waals surface area contributed by atoms with Crippen molar-refractivity contribution in [3.8, 4) is 0 Å². The van der Waals surface area contributed by atoms with Crippen molar-refractivity contribution in [3.05, 3.63) is 66.2 Å². The van der Waals surface area contributed by atoms with Crippen molar-refractivity contribution in [3.63, 3.8) is 0 Å². The number of anilines is 1. The summed E-state index contributed by atoms with van der Waals surface area (Å²) in [4.78, 5) is 14.8. The molecule has 2 aromatic rings. The highest BCUT2D eigenvalue weighted by Gasteiger charge is 2.39. The molecular weight excluding hydrogens is 312 g/mol. The fraction of sp³-hybridized carbons (Fsp3) is 0.381. The molecule has 132 valence electrons. The van der Waals surface area contributed by atoms with Gasteiger partial charge in [-0.25, -0.2) is 0 Å². The second-order valence-corrected chi connectivity index (χ2v) is 6.82. The summed E-state index contributed by atoms with van der Waals surface area (Å²) in [5.74, 6) is 0.0116. The predicted octanol–water partition coefficient (Wildman–Crippen LogP) is 3.41. The Morgan fingerprint density at radius 3 is 2.36 bits per heavy atom. The van der Waals surface area contributed by atoms with Crippen LogP contribution < -0.4 is 5.32 Å². The number of hydrogen-bond acceptors (Lipinski definition) is 4. The van der Waals surface area contributed by atoms with Gasteiger partial charge >= 0.3 is 5.97 Å². The van der Waals surface area contributed by atoms with Crippen LogP contribution in [0.15, 0.2) is 60.7 Å². The number of benzene rings is 2. The Labute approximate surface area is 149 Å². The Bertz CT molecular complexity index is 675. The van der Waals surface area contributed by atoms with Gasteiger partial charge in [0, 0.05) is 31.4 Å². The molecule has 1 fully saturated rings. The normalized spacial score (nSPS) is 23.8. The summed E-state index contributed by atoms with van der Waals surface area (Å²) in [6, 6.07) is 20.6. The van der Waals surface area contributed by atoms with Crippen LogP contribution in [0.4, 0.5) is 5.69 Å². The third kappa shape index (κ3) is 4.40. The molecule has 25 heavy (non-hydrogen) atoms. The SMILES string of the molecule is COC(=O)C1CN(Cc2ccccc2)CC(C)C1Nc1ccccc1. The number of rotatable bonds is 5. The lowest BCUT2D eigenvalue weighted by molar-refractivity contribution is -0.148. The van der Waals surface area contributed by atoms with E-state index in [-0.39, 0.29) is 17.9 Å². The standard InChI is InChI=1S/C21H26N2O2/c1-16-13-23(14-17-9-5-3-6-10-17)15-19(21(24)25-2)20(16)22-18-11-7-4-8-12-18/h3-12,16,19-20,22H,13-15H2,1-2H3. The van der Waals surface area contributed by atoms with E-state index in [1.165, 1.54) is 12.7 Å². The molecule has 3 atom stereocenters. The summed E-state index contributed by atoms with van der Waals surface area (Å²) in [5, 5.41) is 3.55. The third-order valence-electron chi connectivity index (χ3n) is 4.91. The van der Waals surface area contributed by atoms with Crippen molar-refractivity contribution in [1.29, 1.82) is 0 Å². The zero-order valence-corrected chi connectivity index (χ0v) is 14.9. The van der Waals surface area contributed by atoms with Gasteiger partial charge in [-0.2, -0.15) is 0 Å². The first-order chi connectivity index (χ1) is 12.2. The van der Waals surface area contributed by atoms with Crippen molar-refractivity contribution in [2.75, 3.05) is 25.5 Å². The molecule has 1 saturated heterocycles. The number of nitrogens with zero attached hydrogens (tertiary/aromatic N) is 1. The number of para-hydroxylation sites is 1. The van der Waals surface area contributed by atoms with Crippen LogP contribution in [-0.2, 0) is 16.1 Å². The first kappa shape index (κ1) is 17.5. The number of hydrogen-bond donors (Lipinski definition) is 1. The molecule has 3 rings (SSSR count). The Hall–Kier alpha value is -2.33. The van der Waals surface area contributed by atoms with Gasteiger partial charge in [0.2, 0.25) is 0 Å². The highest BCUT2D eigenvalue weighted by Crippen LogP contribution is 2.28. The van der Waals surface area contributed by atoms with Crippen molar-refractivity contribution in [2.45, 2.75) is 19.5 Å². The molecule has 4 heteroatoms. The summed E-state index contributed by atoms with van der Waals surface area (Å²) in [6.45, 7) is 4.72. The molecule has 1 aliphatic rings. The molecule has 0 amide bonds. The Balaban J connectivity index is 1.74. The Morgan fingerprint density at radius 1 is 1.08 bits per heavy atom. The number of methoxy groups -OCH3 is 1. The van der Waals surface area contributed by atoms with Gasteiger partial charge in [0.1, 0.15) is 0 Å². The molecule has 0 aliphatic carbocycles. The van der Waals surface area contributed by atoms with Crippen LogP contribution in [0, 0.1) is 11.8 Å². The number of ether oxygens (including phenoxy) is 1. The van der Waals surface area contributed by atoms with E-state index >= 15 is 0 Å². The van der Waals surface area contributed by atoms with Crippen LogP contribution >= 0.6 is 0 Å². The largest absolute Gasteiger partial charge is 0.469 e. The van der Waals surface area contributed by atoms with Gasteiger partial charge in [-0.3, -0.25) is 9.69 Å². The van der Waals surface area contributed by atoms with Crippen molar-refractivity contribution in [1.82, 2.24) is 4.90 Å². The van der Waals surface area contributed by atoms with E-state index in [2.05, 4.69) is 41.4 Å². The first-order valence-electron chi connectivity index (χ1n) is 8.83. The summed E-state index contributed by atoms with van der Waals surface area (Å²) >= 11 is 0. The summed E-state index contributed by atoms with van der Waals surface area (Å²) in [7, 11) is 1.47. The fourth-order valence-corrected chi connectivity index (χ4v) is 3.70. The molecule has 0 spiro atoms. The smallest absolute Gasteiger partial charge is 0.312 e. The first-order valence-corrected chi connectivity index (χ1v) is 8.83. The second-order valence-electron chi connectivity index (χ2n) is 6.82. The van der Waals surface area contributed by atoms with E-state index in [4.69, 9.17) is 4.74 Å². The molecule has 2 aromatic carbocycles. The lowest BCUT2D eigenvalue weighted by Crippen LogP contribution is -2.54. The summed E-state index contributed by atoms with van der Waals surface area (Å²) < 4.78 is 5.10. The highest BCUT2D eigenvalue weighted by molar-refractivity contribution is 5.74. The van der Waals surface area contributed by atoms with Gasteiger partial charge in [0.15, 0.2) is 0 Å². The second kappa shape index (κ2) is 8.17. The average molecular weight is 338 g/mol. The van der Waals surface area contributed by atoms with Crippen LogP contribution in [0.25, 0.3) is 0 Å². The van der Waals surface area contributed by atoms with Gasteiger partial charge in [-0.15, -0.1) is 0 Å². The summed E-state index contributed by atoms with van der Waals surface area (Å²) in [5.41, 5.74) is 2.32. The zero-order chi connectivity index (χ0) is 17.6. The minimum atomic E-state index is -0.183. The Kier molecular flexibility index (Phi) is 5.71. The molecule has 0 saturated carbocycles. The third-order valence-corrected chi connectivity index (χ3v) is 4.91. The van der Waals surface area contributed by atoms with E-state index in [9.17, 15) is 4.79 Å². The molecule has 1 heterocycles. The average Bonchev–Trinajstić information content (AvgIpc) is 2.65. The number of esters is 1. The summed E-state index contributed by atoms with van der Waals surface area (Å²) in [6.07, 6.45) is 0. The maximum Gasteiger partial charge on any atom is 0.312 e. The van der Waals surface area contributed by atoms with Crippen LogP contribution in [0.3, 0.4) is 0 Å². The van der Waals surface area contributed by atoms with Crippen LogP contribution in [0.2, 0.25) is 0 Å². The van der Waals surface area contributed by atoms with E-state index in [1.54, 1.807) is 0 Å². The van der Waals surface area contributed by atoms with Gasteiger partial charge < -0.3 is 10.1 Å². The molecule has 1 aliphatic heterocycles. The maximum atomic E-state index is 12.4. The fourth-order valence-electron chi connectivity index (χ4n) is 3.70. The monoisotopic (exact) mass is 338 g/mol. The lowest BCUT2D eigenvalue weighted by Gasteiger charge is -2.42. The minimum Gasteiger partial charge on any atom is -0.469 e. The number of carbonyl (C=O) groups excluding carboxylic acids is 1. The molecule has 1 N–H and O–H groups in total. The number of likely N-dealkylation sites (tertiary alicyclic amines) is 1. The topological polar surface area (TPSA) is 41.6 Å². The predicted molar refractivity (Wildman–Crippen MR) is 100 cm³/mol. The molecule has 0 aromatic heterocycles. The van der Waals surface area contributed by atoms with E-state index in [1.807, 2.05) is 36.4 Å².